The van der Waals surface area contributed by atoms with Gasteiger partial charge in [-0.3, -0.25) is 4.90 Å². The van der Waals surface area contributed by atoms with E-state index in [0.717, 1.165) is 38.2 Å². The molecule has 0 fully saturated rings. The first-order chi connectivity index (χ1) is 11.2. The zero-order valence-electron chi connectivity index (χ0n) is 13.7. The smallest absolute Gasteiger partial charge is 0.160 e. The first-order valence-corrected chi connectivity index (χ1v) is 7.94. The van der Waals surface area contributed by atoms with Gasteiger partial charge in [0.1, 0.15) is 5.75 Å². The van der Waals surface area contributed by atoms with E-state index in [1.165, 1.54) is 16.7 Å². The molecule has 0 unspecified atom stereocenters. The first kappa shape index (κ1) is 15.7. The van der Waals surface area contributed by atoms with Crippen LogP contribution in [0, 0.1) is 0 Å². The molecule has 0 saturated heterocycles. The lowest BCUT2D eigenvalue weighted by molar-refractivity contribution is 0.255. The summed E-state index contributed by atoms with van der Waals surface area (Å²) in [7, 11) is 3.30. The molecule has 4 nitrogen and oxygen atoms in total. The first-order valence-electron chi connectivity index (χ1n) is 7.94. The number of nitrogens with zero attached hydrogens (tertiary/aromatic N) is 1. The third-order valence-electron chi connectivity index (χ3n) is 4.48. The molecule has 0 amide bonds. The number of methoxy groups -OCH3 is 2. The normalized spacial score (nSPS) is 14.3. The molecule has 1 aliphatic rings. The van der Waals surface area contributed by atoms with E-state index in [0.29, 0.717) is 5.75 Å². The van der Waals surface area contributed by atoms with Crippen LogP contribution in [0.4, 0.5) is 0 Å². The van der Waals surface area contributed by atoms with Crippen molar-refractivity contribution < 1.29 is 14.6 Å². The highest BCUT2D eigenvalue weighted by Crippen LogP contribution is 2.32. The summed E-state index contributed by atoms with van der Waals surface area (Å²) in [5.74, 6) is 1.74. The zero-order chi connectivity index (χ0) is 16.2. The van der Waals surface area contributed by atoms with Crippen molar-refractivity contribution in [2.45, 2.75) is 19.4 Å². The van der Waals surface area contributed by atoms with E-state index in [2.05, 4.69) is 17.0 Å². The lowest BCUT2D eigenvalue weighted by atomic mass is 9.98. The van der Waals surface area contributed by atoms with Crippen LogP contribution in [0.1, 0.15) is 16.7 Å². The van der Waals surface area contributed by atoms with E-state index in [-0.39, 0.29) is 5.75 Å². The maximum Gasteiger partial charge on any atom is 0.160 e. The molecule has 122 valence electrons. The van der Waals surface area contributed by atoms with E-state index in [4.69, 9.17) is 9.47 Å². The second kappa shape index (κ2) is 6.92. The second-order valence-corrected chi connectivity index (χ2v) is 5.88. The van der Waals surface area contributed by atoms with Crippen LogP contribution in [0.5, 0.6) is 17.2 Å². The van der Waals surface area contributed by atoms with Gasteiger partial charge in [0, 0.05) is 19.6 Å². The Morgan fingerprint density at radius 3 is 2.61 bits per heavy atom. The van der Waals surface area contributed by atoms with Gasteiger partial charge in [0.25, 0.3) is 0 Å². The SMILES string of the molecule is COc1cc2c(cc1O)CCN(CCc1ccccc1OC)C2. The highest BCUT2D eigenvalue weighted by atomic mass is 16.5. The van der Waals surface area contributed by atoms with Crippen LogP contribution in [0.25, 0.3) is 0 Å². The van der Waals surface area contributed by atoms with Crippen molar-refractivity contribution in [3.05, 3.63) is 53.1 Å². The van der Waals surface area contributed by atoms with Crippen molar-refractivity contribution in [3.8, 4) is 17.2 Å². The molecule has 1 N–H and O–H groups in total. The number of hydrogen-bond acceptors (Lipinski definition) is 4. The molecule has 2 aromatic rings. The quantitative estimate of drug-likeness (QED) is 0.921. The van der Waals surface area contributed by atoms with E-state index in [9.17, 15) is 5.11 Å². The molecule has 0 bridgehead atoms. The molecule has 0 atom stereocenters. The summed E-state index contributed by atoms with van der Waals surface area (Å²) in [6.45, 7) is 2.89. The van der Waals surface area contributed by atoms with Crippen molar-refractivity contribution in [1.29, 1.82) is 0 Å². The Kier molecular flexibility index (Phi) is 4.72. The molecule has 2 aromatic carbocycles. The number of phenols is 1. The fourth-order valence-electron chi connectivity index (χ4n) is 3.17. The van der Waals surface area contributed by atoms with Crippen molar-refractivity contribution in [2.24, 2.45) is 0 Å². The Morgan fingerprint density at radius 1 is 1.04 bits per heavy atom. The molecule has 0 aromatic heterocycles. The number of para-hydroxylation sites is 1. The number of phenolic OH excluding ortho intramolecular Hbond substituents is 1. The Hall–Kier alpha value is -2.20. The molecular weight excluding hydrogens is 290 g/mol. The van der Waals surface area contributed by atoms with Crippen molar-refractivity contribution in [2.75, 3.05) is 27.3 Å². The number of fused-ring (bicyclic) bond motifs is 1. The topological polar surface area (TPSA) is 41.9 Å². The molecule has 23 heavy (non-hydrogen) atoms. The molecule has 0 saturated carbocycles. The van der Waals surface area contributed by atoms with Crippen LogP contribution in [-0.4, -0.2) is 37.3 Å². The third kappa shape index (κ3) is 3.42. The van der Waals surface area contributed by atoms with Gasteiger partial charge in [-0.2, -0.15) is 0 Å². The minimum atomic E-state index is 0.230. The molecule has 3 rings (SSSR count). The molecule has 4 heteroatoms. The standard InChI is InChI=1S/C19H23NO3/c1-22-18-6-4-3-5-14(18)7-9-20-10-8-15-11-17(21)19(23-2)12-16(15)13-20/h3-6,11-12,21H,7-10,13H2,1-2H3. The summed E-state index contributed by atoms with van der Waals surface area (Å²) in [5, 5.41) is 9.89. The van der Waals surface area contributed by atoms with Crippen LogP contribution in [-0.2, 0) is 19.4 Å². The predicted octanol–water partition coefficient (Wildman–Crippen LogP) is 3.01. The van der Waals surface area contributed by atoms with Gasteiger partial charge in [0.05, 0.1) is 14.2 Å². The number of rotatable bonds is 5. The largest absolute Gasteiger partial charge is 0.504 e. The van der Waals surface area contributed by atoms with Crippen molar-refractivity contribution >= 4 is 0 Å². The fourth-order valence-corrected chi connectivity index (χ4v) is 3.17. The van der Waals surface area contributed by atoms with Gasteiger partial charge in [-0.15, -0.1) is 0 Å². The van der Waals surface area contributed by atoms with E-state index in [1.807, 2.05) is 24.3 Å². The zero-order valence-corrected chi connectivity index (χ0v) is 13.7. The number of benzene rings is 2. The minimum absolute atomic E-state index is 0.230. The second-order valence-electron chi connectivity index (χ2n) is 5.88. The summed E-state index contributed by atoms with van der Waals surface area (Å²) in [6.07, 6.45) is 1.92. The Morgan fingerprint density at radius 2 is 1.83 bits per heavy atom. The Labute approximate surface area is 137 Å². The molecule has 1 heterocycles. The van der Waals surface area contributed by atoms with Gasteiger partial charge in [0.2, 0.25) is 0 Å². The Balaban J connectivity index is 1.68. The van der Waals surface area contributed by atoms with Gasteiger partial charge in [-0.05, 0) is 47.7 Å². The lowest BCUT2D eigenvalue weighted by Gasteiger charge is -2.29. The monoisotopic (exact) mass is 313 g/mol. The fraction of sp³-hybridized carbons (Fsp3) is 0.368. The summed E-state index contributed by atoms with van der Waals surface area (Å²) in [6, 6.07) is 12.0. The van der Waals surface area contributed by atoms with E-state index < -0.39 is 0 Å². The van der Waals surface area contributed by atoms with E-state index >= 15 is 0 Å². The summed E-state index contributed by atoms with van der Waals surface area (Å²) in [5.41, 5.74) is 3.70. The number of ether oxygens (including phenoxy) is 2. The summed E-state index contributed by atoms with van der Waals surface area (Å²) in [4.78, 5) is 2.44. The van der Waals surface area contributed by atoms with Gasteiger partial charge < -0.3 is 14.6 Å². The average molecular weight is 313 g/mol. The number of aromatic hydroxyl groups is 1. The molecule has 0 spiro atoms. The highest BCUT2D eigenvalue weighted by molar-refractivity contribution is 5.47. The van der Waals surface area contributed by atoms with Crippen LogP contribution < -0.4 is 9.47 Å². The predicted molar refractivity (Wildman–Crippen MR) is 90.3 cm³/mol. The van der Waals surface area contributed by atoms with E-state index in [1.54, 1.807) is 14.2 Å². The highest BCUT2D eigenvalue weighted by Gasteiger charge is 2.19. The lowest BCUT2D eigenvalue weighted by Crippen LogP contribution is -2.32. The Bertz CT molecular complexity index is 684. The van der Waals surface area contributed by atoms with Crippen molar-refractivity contribution in [3.63, 3.8) is 0 Å². The minimum Gasteiger partial charge on any atom is -0.504 e. The van der Waals surface area contributed by atoms with Crippen LogP contribution in [0.3, 0.4) is 0 Å². The van der Waals surface area contributed by atoms with Crippen LogP contribution >= 0.6 is 0 Å². The summed E-state index contributed by atoms with van der Waals surface area (Å²) < 4.78 is 10.6. The van der Waals surface area contributed by atoms with Gasteiger partial charge >= 0.3 is 0 Å². The maximum atomic E-state index is 9.89. The third-order valence-corrected chi connectivity index (χ3v) is 4.48. The van der Waals surface area contributed by atoms with Crippen molar-refractivity contribution in [1.82, 2.24) is 4.90 Å². The molecule has 0 aliphatic carbocycles. The van der Waals surface area contributed by atoms with Crippen LogP contribution in [0.2, 0.25) is 0 Å². The van der Waals surface area contributed by atoms with Gasteiger partial charge in [0.15, 0.2) is 11.5 Å². The van der Waals surface area contributed by atoms with Crippen LogP contribution in [0.15, 0.2) is 36.4 Å². The average Bonchev–Trinajstić information content (AvgIpc) is 2.59. The molecule has 1 aliphatic heterocycles. The molecular formula is C19H23NO3. The van der Waals surface area contributed by atoms with Gasteiger partial charge in [-0.1, -0.05) is 18.2 Å². The summed E-state index contributed by atoms with van der Waals surface area (Å²) >= 11 is 0. The van der Waals surface area contributed by atoms with Gasteiger partial charge in [-0.25, -0.2) is 0 Å². The maximum absolute atomic E-state index is 9.89. The molecule has 0 radical (unpaired) electrons. The number of hydrogen-bond donors (Lipinski definition) is 1.